The van der Waals surface area contributed by atoms with E-state index >= 15 is 0 Å². The van der Waals surface area contributed by atoms with E-state index in [2.05, 4.69) is 24.3 Å². The lowest BCUT2D eigenvalue weighted by atomic mass is 10.1. The zero-order chi connectivity index (χ0) is 14.9. The molecule has 1 atom stereocenters. The molecule has 0 heterocycles. The van der Waals surface area contributed by atoms with Crippen molar-refractivity contribution < 1.29 is 9.84 Å². The number of thioether (sulfide) groups is 1. The number of ether oxygens (including phenoxy) is 1. The third-order valence-corrected chi connectivity index (χ3v) is 4.48. The average Bonchev–Trinajstić information content (AvgIpc) is 2.54. The van der Waals surface area contributed by atoms with Crippen LogP contribution in [0.4, 0.5) is 0 Å². The van der Waals surface area contributed by atoms with Gasteiger partial charge in [0.25, 0.3) is 0 Å². The molecule has 2 aromatic rings. The Balaban J connectivity index is 1.66. The number of aliphatic hydroxyl groups excluding tert-OH is 1. The zero-order valence-corrected chi connectivity index (χ0v) is 13.2. The van der Waals surface area contributed by atoms with Gasteiger partial charge in [-0.1, -0.05) is 42.5 Å². The number of benzene rings is 2. The molecular weight excluding hydrogens is 280 g/mol. The smallest absolute Gasteiger partial charge is 0.118 e. The summed E-state index contributed by atoms with van der Waals surface area (Å²) in [4.78, 5) is 0. The quantitative estimate of drug-likeness (QED) is 0.738. The molecule has 3 heteroatoms. The minimum atomic E-state index is -0.296. The van der Waals surface area contributed by atoms with Crippen LogP contribution in [0.5, 0.6) is 5.75 Å². The maximum atomic E-state index is 10.0. The Morgan fingerprint density at radius 1 is 1.00 bits per heavy atom. The highest BCUT2D eigenvalue weighted by atomic mass is 32.2. The third-order valence-electron chi connectivity index (χ3n) is 3.36. The Morgan fingerprint density at radius 3 is 2.38 bits per heavy atom. The second-order valence-electron chi connectivity index (χ2n) is 4.99. The summed E-state index contributed by atoms with van der Waals surface area (Å²) in [7, 11) is 1.67. The van der Waals surface area contributed by atoms with Crippen molar-refractivity contribution >= 4 is 11.8 Å². The van der Waals surface area contributed by atoms with Crippen LogP contribution in [-0.4, -0.2) is 17.7 Å². The van der Waals surface area contributed by atoms with E-state index in [1.165, 1.54) is 11.1 Å². The van der Waals surface area contributed by atoms with Gasteiger partial charge in [0.15, 0.2) is 0 Å². The fourth-order valence-electron chi connectivity index (χ4n) is 2.12. The van der Waals surface area contributed by atoms with Gasteiger partial charge in [-0.15, -0.1) is 11.8 Å². The second-order valence-corrected chi connectivity index (χ2v) is 6.16. The van der Waals surface area contributed by atoms with Gasteiger partial charge in [0.2, 0.25) is 0 Å². The Bertz CT molecular complexity index is 511. The van der Waals surface area contributed by atoms with Gasteiger partial charge in [-0.3, -0.25) is 0 Å². The lowest BCUT2D eigenvalue weighted by molar-refractivity contribution is 0.249. The number of methoxy groups -OCH3 is 1. The molecular formula is C18H22O2S. The Hall–Kier alpha value is -1.45. The van der Waals surface area contributed by atoms with E-state index in [0.717, 1.165) is 30.8 Å². The summed E-state index contributed by atoms with van der Waals surface area (Å²) in [6.07, 6.45) is 2.87. The largest absolute Gasteiger partial charge is 0.497 e. The van der Waals surface area contributed by atoms with Gasteiger partial charge in [0.1, 0.15) is 5.75 Å². The standard InChI is InChI=1S/C18H22O2S/c1-20-17-12-10-16(11-13-17)14-21-18(19)9-5-8-15-6-3-2-4-7-15/h2-4,6-7,10-13,18-19H,5,8-9,14H2,1H3. The van der Waals surface area contributed by atoms with Crippen LogP contribution in [0.1, 0.15) is 24.0 Å². The topological polar surface area (TPSA) is 29.5 Å². The van der Waals surface area contributed by atoms with Crippen molar-refractivity contribution in [3.05, 3.63) is 65.7 Å². The Morgan fingerprint density at radius 2 is 1.71 bits per heavy atom. The van der Waals surface area contributed by atoms with Crippen LogP contribution in [0.3, 0.4) is 0 Å². The van der Waals surface area contributed by atoms with Gasteiger partial charge in [-0.2, -0.15) is 0 Å². The molecule has 21 heavy (non-hydrogen) atoms. The van der Waals surface area contributed by atoms with Crippen molar-refractivity contribution in [1.82, 2.24) is 0 Å². The van der Waals surface area contributed by atoms with E-state index in [-0.39, 0.29) is 5.44 Å². The Kier molecular flexibility index (Phi) is 6.64. The first-order valence-electron chi connectivity index (χ1n) is 7.24. The van der Waals surface area contributed by atoms with Gasteiger partial charge >= 0.3 is 0 Å². The van der Waals surface area contributed by atoms with Crippen molar-refractivity contribution in [2.45, 2.75) is 30.5 Å². The first kappa shape index (κ1) is 15.9. The second kappa shape index (κ2) is 8.75. The monoisotopic (exact) mass is 302 g/mol. The molecule has 0 bridgehead atoms. The minimum absolute atomic E-state index is 0.296. The fourth-order valence-corrected chi connectivity index (χ4v) is 3.03. The fraction of sp³-hybridized carbons (Fsp3) is 0.333. The molecule has 1 N–H and O–H groups in total. The lowest BCUT2D eigenvalue weighted by Gasteiger charge is -2.10. The number of aryl methyl sites for hydroxylation is 1. The summed E-state index contributed by atoms with van der Waals surface area (Å²) >= 11 is 1.59. The van der Waals surface area contributed by atoms with Crippen LogP contribution in [0.15, 0.2) is 54.6 Å². The molecule has 0 saturated carbocycles. The van der Waals surface area contributed by atoms with E-state index in [1.807, 2.05) is 30.3 Å². The normalized spacial score (nSPS) is 12.1. The van der Waals surface area contributed by atoms with Crippen LogP contribution in [0.2, 0.25) is 0 Å². The lowest BCUT2D eigenvalue weighted by Crippen LogP contribution is -2.02. The van der Waals surface area contributed by atoms with Gasteiger partial charge < -0.3 is 9.84 Å². The van der Waals surface area contributed by atoms with E-state index in [4.69, 9.17) is 4.74 Å². The molecule has 0 amide bonds. The van der Waals surface area contributed by atoms with Crippen LogP contribution in [-0.2, 0) is 12.2 Å². The van der Waals surface area contributed by atoms with Crippen molar-refractivity contribution in [2.75, 3.05) is 7.11 Å². The maximum absolute atomic E-state index is 10.0. The molecule has 2 aromatic carbocycles. The summed E-state index contributed by atoms with van der Waals surface area (Å²) in [5.41, 5.74) is 2.25. The molecule has 0 aliphatic heterocycles. The average molecular weight is 302 g/mol. The van der Waals surface area contributed by atoms with E-state index in [9.17, 15) is 5.11 Å². The van der Waals surface area contributed by atoms with Crippen LogP contribution >= 0.6 is 11.8 Å². The summed E-state index contributed by atoms with van der Waals surface area (Å²) in [6, 6.07) is 18.4. The van der Waals surface area contributed by atoms with Crippen LogP contribution < -0.4 is 4.74 Å². The van der Waals surface area contributed by atoms with Crippen molar-refractivity contribution in [3.8, 4) is 5.75 Å². The van der Waals surface area contributed by atoms with E-state index in [0.29, 0.717) is 0 Å². The van der Waals surface area contributed by atoms with Crippen LogP contribution in [0, 0.1) is 0 Å². The van der Waals surface area contributed by atoms with E-state index in [1.54, 1.807) is 18.9 Å². The molecule has 0 saturated heterocycles. The molecule has 0 radical (unpaired) electrons. The molecule has 0 aliphatic rings. The summed E-state index contributed by atoms with van der Waals surface area (Å²) < 4.78 is 5.13. The van der Waals surface area contributed by atoms with E-state index < -0.39 is 0 Å². The maximum Gasteiger partial charge on any atom is 0.118 e. The molecule has 0 fully saturated rings. The molecule has 2 rings (SSSR count). The molecule has 0 spiro atoms. The summed E-state index contributed by atoms with van der Waals surface area (Å²) in [6.45, 7) is 0. The molecule has 1 unspecified atom stereocenters. The van der Waals surface area contributed by atoms with Gasteiger partial charge in [0.05, 0.1) is 12.5 Å². The van der Waals surface area contributed by atoms with Gasteiger partial charge in [-0.05, 0) is 42.5 Å². The van der Waals surface area contributed by atoms with Crippen molar-refractivity contribution in [3.63, 3.8) is 0 Å². The predicted molar refractivity (Wildman–Crippen MR) is 89.7 cm³/mol. The predicted octanol–water partition coefficient (Wildman–Crippen LogP) is 4.27. The van der Waals surface area contributed by atoms with Crippen molar-refractivity contribution in [1.29, 1.82) is 0 Å². The third kappa shape index (κ3) is 5.82. The zero-order valence-electron chi connectivity index (χ0n) is 12.4. The Labute approximate surface area is 131 Å². The first-order chi connectivity index (χ1) is 10.3. The number of hydrogen-bond acceptors (Lipinski definition) is 3. The molecule has 0 aliphatic carbocycles. The molecule has 112 valence electrons. The number of aliphatic hydroxyl groups is 1. The molecule has 2 nitrogen and oxygen atoms in total. The van der Waals surface area contributed by atoms with Gasteiger partial charge in [-0.25, -0.2) is 0 Å². The first-order valence-corrected chi connectivity index (χ1v) is 8.29. The highest BCUT2D eigenvalue weighted by molar-refractivity contribution is 7.98. The van der Waals surface area contributed by atoms with Gasteiger partial charge in [0, 0.05) is 5.75 Å². The number of hydrogen-bond donors (Lipinski definition) is 1. The number of rotatable bonds is 8. The summed E-state index contributed by atoms with van der Waals surface area (Å²) in [5.74, 6) is 1.70. The highest BCUT2D eigenvalue weighted by Crippen LogP contribution is 2.22. The highest BCUT2D eigenvalue weighted by Gasteiger charge is 2.05. The minimum Gasteiger partial charge on any atom is -0.497 e. The van der Waals surface area contributed by atoms with Crippen molar-refractivity contribution in [2.24, 2.45) is 0 Å². The molecule has 0 aromatic heterocycles. The van der Waals surface area contributed by atoms with Crippen LogP contribution in [0.25, 0.3) is 0 Å². The SMILES string of the molecule is COc1ccc(CSC(O)CCCc2ccccc2)cc1. The summed E-state index contributed by atoms with van der Waals surface area (Å²) in [5, 5.41) is 10.0.